The maximum Gasteiger partial charge on any atom is 0.434 e. The van der Waals surface area contributed by atoms with Crippen LogP contribution in [-0.4, -0.2) is 25.1 Å². The molecule has 0 aromatic carbocycles. The number of thiazole rings is 1. The lowest BCUT2D eigenvalue weighted by molar-refractivity contribution is -0.140. The van der Waals surface area contributed by atoms with Gasteiger partial charge >= 0.3 is 6.18 Å². The van der Waals surface area contributed by atoms with E-state index < -0.39 is 17.4 Å². The summed E-state index contributed by atoms with van der Waals surface area (Å²) in [6, 6.07) is 1.27. The van der Waals surface area contributed by atoms with Gasteiger partial charge in [0, 0.05) is 22.7 Å². The zero-order chi connectivity index (χ0) is 16.6. The van der Waals surface area contributed by atoms with Gasteiger partial charge in [-0.3, -0.25) is 9.89 Å². The van der Waals surface area contributed by atoms with E-state index in [1.54, 1.807) is 0 Å². The molecule has 10 heteroatoms. The lowest BCUT2D eigenvalue weighted by Crippen LogP contribution is -2.09. The van der Waals surface area contributed by atoms with Crippen LogP contribution in [-0.2, 0) is 12.6 Å². The Labute approximate surface area is 131 Å². The van der Waals surface area contributed by atoms with E-state index >= 15 is 0 Å². The third-order valence-electron chi connectivity index (χ3n) is 3.09. The summed E-state index contributed by atoms with van der Waals surface area (Å²) in [4.78, 5) is 21.9. The number of aryl methyl sites for hydroxylation is 1. The highest BCUT2D eigenvalue weighted by Gasteiger charge is 2.34. The largest absolute Gasteiger partial charge is 0.434 e. The third kappa shape index (κ3) is 3.02. The molecule has 0 amide bonds. The summed E-state index contributed by atoms with van der Waals surface area (Å²) in [5.74, 6) is -0.00347. The van der Waals surface area contributed by atoms with Gasteiger partial charge in [-0.15, -0.1) is 11.3 Å². The van der Waals surface area contributed by atoms with Crippen LogP contribution >= 0.6 is 11.3 Å². The van der Waals surface area contributed by atoms with E-state index in [4.69, 9.17) is 0 Å². The molecule has 3 rings (SSSR count). The molecule has 3 aromatic rings. The van der Waals surface area contributed by atoms with Crippen LogP contribution in [0.3, 0.4) is 0 Å². The van der Waals surface area contributed by atoms with Gasteiger partial charge in [0.1, 0.15) is 0 Å². The Balaban J connectivity index is 2.08. The lowest BCUT2D eigenvalue weighted by Gasteiger charge is -2.03. The first kappa shape index (κ1) is 15.4. The van der Waals surface area contributed by atoms with Gasteiger partial charge in [0.05, 0.1) is 11.9 Å². The van der Waals surface area contributed by atoms with Crippen molar-refractivity contribution in [1.82, 2.24) is 25.1 Å². The smallest absolute Gasteiger partial charge is 0.304 e. The normalized spacial score (nSPS) is 11.8. The molecule has 0 radical (unpaired) electrons. The van der Waals surface area contributed by atoms with Gasteiger partial charge in [0.25, 0.3) is 5.56 Å². The zero-order valence-electron chi connectivity index (χ0n) is 11.7. The van der Waals surface area contributed by atoms with Crippen LogP contribution in [0.2, 0.25) is 0 Å². The molecule has 0 fully saturated rings. The van der Waals surface area contributed by atoms with Crippen molar-refractivity contribution in [3.8, 4) is 22.1 Å². The average molecular weight is 341 g/mol. The fourth-order valence-corrected chi connectivity index (χ4v) is 2.78. The summed E-state index contributed by atoms with van der Waals surface area (Å²) in [7, 11) is 0. The van der Waals surface area contributed by atoms with E-state index in [9.17, 15) is 18.0 Å². The van der Waals surface area contributed by atoms with Crippen LogP contribution in [0, 0.1) is 0 Å². The summed E-state index contributed by atoms with van der Waals surface area (Å²) in [6.07, 6.45) is -2.37. The van der Waals surface area contributed by atoms with Crippen molar-refractivity contribution in [2.45, 2.75) is 19.5 Å². The third-order valence-corrected chi connectivity index (χ3v) is 3.94. The molecule has 23 heavy (non-hydrogen) atoms. The summed E-state index contributed by atoms with van der Waals surface area (Å²) in [5.41, 5.74) is 0.259. The van der Waals surface area contributed by atoms with Crippen LogP contribution in [0.15, 0.2) is 22.4 Å². The molecule has 3 aromatic heterocycles. The van der Waals surface area contributed by atoms with Crippen molar-refractivity contribution < 1.29 is 13.2 Å². The summed E-state index contributed by atoms with van der Waals surface area (Å²) < 4.78 is 37.9. The monoisotopic (exact) mass is 341 g/mol. The number of H-pyrrole nitrogens is 2. The van der Waals surface area contributed by atoms with Crippen molar-refractivity contribution in [1.29, 1.82) is 0 Å². The number of nitrogens with zero attached hydrogens (tertiary/aromatic N) is 3. The number of aromatic amines is 2. The lowest BCUT2D eigenvalue weighted by atomic mass is 10.1. The number of hydrogen-bond donors (Lipinski definition) is 2. The Morgan fingerprint density at radius 2 is 2.09 bits per heavy atom. The van der Waals surface area contributed by atoms with E-state index in [1.807, 2.05) is 6.92 Å². The predicted octanol–water partition coefficient (Wildman–Crippen LogP) is 2.86. The molecule has 0 aliphatic rings. The Morgan fingerprint density at radius 3 is 2.74 bits per heavy atom. The molecule has 0 unspecified atom stereocenters. The molecule has 6 nitrogen and oxygen atoms in total. The predicted molar refractivity (Wildman–Crippen MR) is 77.9 cm³/mol. The SMILES string of the molecule is CCc1[nH]ncc1-c1cc(=O)[nH]c(-c2nc(C(F)(F)F)cs2)n1. The number of nitrogens with one attached hydrogen (secondary N) is 2. The first-order valence-electron chi connectivity index (χ1n) is 6.55. The van der Waals surface area contributed by atoms with Gasteiger partial charge in [-0.25, -0.2) is 9.97 Å². The van der Waals surface area contributed by atoms with E-state index in [-0.39, 0.29) is 10.8 Å². The van der Waals surface area contributed by atoms with E-state index in [0.717, 1.165) is 22.4 Å². The van der Waals surface area contributed by atoms with Crippen LogP contribution in [0.1, 0.15) is 18.3 Å². The van der Waals surface area contributed by atoms with Gasteiger partial charge in [0.2, 0.25) is 0 Å². The molecule has 0 atom stereocenters. The minimum Gasteiger partial charge on any atom is -0.304 e. The second kappa shape index (κ2) is 5.61. The molecule has 2 N–H and O–H groups in total. The fraction of sp³-hybridized carbons (Fsp3) is 0.231. The van der Waals surface area contributed by atoms with Gasteiger partial charge in [-0.05, 0) is 6.42 Å². The van der Waals surface area contributed by atoms with E-state index in [1.165, 1.54) is 12.3 Å². The van der Waals surface area contributed by atoms with Crippen molar-refractivity contribution in [2.24, 2.45) is 0 Å². The molecule has 0 saturated heterocycles. The molecule has 0 aliphatic heterocycles. The molecular formula is C13H10F3N5OS. The maximum absolute atomic E-state index is 12.6. The van der Waals surface area contributed by atoms with Gasteiger partial charge in [-0.1, -0.05) is 6.92 Å². The van der Waals surface area contributed by atoms with Gasteiger partial charge in [0.15, 0.2) is 16.5 Å². The molecule has 0 spiro atoms. The Hall–Kier alpha value is -2.49. The molecule has 120 valence electrons. The first-order valence-corrected chi connectivity index (χ1v) is 7.43. The molecular weight excluding hydrogens is 331 g/mol. The minimum absolute atomic E-state index is 0.00202. The van der Waals surface area contributed by atoms with Crippen LogP contribution < -0.4 is 5.56 Å². The standard InChI is InChI=1S/C13H10F3N5OS/c1-2-7-6(4-17-21-7)8-3-10(22)20-11(18-8)12-19-9(5-23-12)13(14,15)16/h3-5H,2H2,1H3,(H,17,21)(H,18,20,22). The van der Waals surface area contributed by atoms with Crippen molar-refractivity contribution >= 4 is 11.3 Å². The van der Waals surface area contributed by atoms with Crippen molar-refractivity contribution in [2.75, 3.05) is 0 Å². The van der Waals surface area contributed by atoms with Crippen LogP contribution in [0.25, 0.3) is 22.1 Å². The number of halogens is 3. The van der Waals surface area contributed by atoms with Gasteiger partial charge < -0.3 is 4.98 Å². The topological polar surface area (TPSA) is 87.3 Å². The number of alkyl halides is 3. The minimum atomic E-state index is -4.54. The molecule has 0 bridgehead atoms. The number of hydrogen-bond acceptors (Lipinski definition) is 5. The molecule has 0 saturated carbocycles. The van der Waals surface area contributed by atoms with Crippen molar-refractivity contribution in [3.63, 3.8) is 0 Å². The van der Waals surface area contributed by atoms with E-state index in [0.29, 0.717) is 17.7 Å². The second-order valence-electron chi connectivity index (χ2n) is 4.63. The maximum atomic E-state index is 12.6. The highest BCUT2D eigenvalue weighted by molar-refractivity contribution is 7.13. The Morgan fingerprint density at radius 1 is 1.30 bits per heavy atom. The summed E-state index contributed by atoms with van der Waals surface area (Å²) >= 11 is 0.767. The quantitative estimate of drug-likeness (QED) is 0.767. The second-order valence-corrected chi connectivity index (χ2v) is 5.49. The summed E-state index contributed by atoms with van der Waals surface area (Å²) in [6.45, 7) is 1.90. The molecule has 3 heterocycles. The van der Waals surface area contributed by atoms with Crippen LogP contribution in [0.5, 0.6) is 0 Å². The first-order chi connectivity index (χ1) is 10.9. The van der Waals surface area contributed by atoms with Crippen LogP contribution in [0.4, 0.5) is 13.2 Å². The van der Waals surface area contributed by atoms with Gasteiger partial charge in [-0.2, -0.15) is 18.3 Å². The zero-order valence-corrected chi connectivity index (χ0v) is 12.5. The molecule has 0 aliphatic carbocycles. The highest BCUT2D eigenvalue weighted by Crippen LogP contribution is 2.32. The van der Waals surface area contributed by atoms with E-state index in [2.05, 4.69) is 25.1 Å². The Bertz CT molecular complexity index is 895. The number of rotatable bonds is 3. The summed E-state index contributed by atoms with van der Waals surface area (Å²) in [5, 5.41) is 7.58. The highest BCUT2D eigenvalue weighted by atomic mass is 32.1. The van der Waals surface area contributed by atoms with Crippen molar-refractivity contribution in [3.05, 3.63) is 39.4 Å². The number of aromatic nitrogens is 5. The fourth-order valence-electron chi connectivity index (χ4n) is 2.01. The average Bonchev–Trinajstić information content (AvgIpc) is 3.15. The Kier molecular flexibility index (Phi) is 3.76.